The first kappa shape index (κ1) is 9.48. The fourth-order valence-corrected chi connectivity index (χ4v) is 2.27. The van der Waals surface area contributed by atoms with Crippen molar-refractivity contribution >= 4 is 23.8 Å². The highest BCUT2D eigenvalue weighted by atomic mass is 32.2. The zero-order valence-electron chi connectivity index (χ0n) is 7.87. The molecule has 2 heterocycles. The van der Waals surface area contributed by atoms with Crippen LogP contribution in [0.25, 0.3) is 11.4 Å². The lowest BCUT2D eigenvalue weighted by Crippen LogP contribution is -1.91. The van der Waals surface area contributed by atoms with Gasteiger partial charge >= 0.3 is 0 Å². The van der Waals surface area contributed by atoms with Crippen LogP contribution in [0.1, 0.15) is 11.4 Å². The van der Waals surface area contributed by atoms with Gasteiger partial charge in [0.25, 0.3) is 0 Å². The summed E-state index contributed by atoms with van der Waals surface area (Å²) in [4.78, 5) is 8.56. The van der Waals surface area contributed by atoms with Gasteiger partial charge in [0.15, 0.2) is 5.82 Å². The summed E-state index contributed by atoms with van der Waals surface area (Å²) in [6.45, 7) is 3.92. The minimum absolute atomic E-state index is 0.713. The molecule has 0 spiro atoms. The number of rotatable bonds is 1. The van der Waals surface area contributed by atoms with Gasteiger partial charge in [-0.05, 0) is 31.4 Å². The maximum absolute atomic E-state index is 5.21. The lowest BCUT2D eigenvalue weighted by atomic mass is 10.2. The van der Waals surface area contributed by atoms with Gasteiger partial charge < -0.3 is 4.37 Å². The standard InChI is InChI=1S/C9H9N3S2/c1-5-3-4-10-8(11-5)7-6(2)12-14-9(7)13/h3-4,12H,1-2H3. The molecule has 0 unspecified atom stereocenters. The van der Waals surface area contributed by atoms with E-state index in [0.717, 1.165) is 20.8 Å². The van der Waals surface area contributed by atoms with Crippen LogP contribution in [0.3, 0.4) is 0 Å². The monoisotopic (exact) mass is 223 g/mol. The van der Waals surface area contributed by atoms with Crippen LogP contribution in [-0.4, -0.2) is 14.3 Å². The summed E-state index contributed by atoms with van der Waals surface area (Å²) in [5.41, 5.74) is 2.94. The van der Waals surface area contributed by atoms with Gasteiger partial charge in [0, 0.05) is 17.6 Å². The molecule has 14 heavy (non-hydrogen) atoms. The summed E-state index contributed by atoms with van der Waals surface area (Å²) >= 11 is 6.65. The number of H-pyrrole nitrogens is 1. The van der Waals surface area contributed by atoms with Crippen molar-refractivity contribution in [2.75, 3.05) is 0 Å². The summed E-state index contributed by atoms with van der Waals surface area (Å²) < 4.78 is 3.93. The average Bonchev–Trinajstić information content (AvgIpc) is 2.46. The van der Waals surface area contributed by atoms with Crippen LogP contribution in [0.15, 0.2) is 12.3 Å². The van der Waals surface area contributed by atoms with Crippen molar-refractivity contribution < 1.29 is 0 Å². The minimum Gasteiger partial charge on any atom is -0.314 e. The van der Waals surface area contributed by atoms with Gasteiger partial charge in [0.05, 0.1) is 5.56 Å². The Labute approximate surface area is 91.0 Å². The largest absolute Gasteiger partial charge is 0.314 e. The smallest absolute Gasteiger partial charge is 0.163 e. The Morgan fingerprint density at radius 1 is 1.43 bits per heavy atom. The van der Waals surface area contributed by atoms with Crippen LogP contribution >= 0.6 is 23.8 Å². The number of aryl methyl sites for hydroxylation is 2. The van der Waals surface area contributed by atoms with Crippen molar-refractivity contribution in [2.24, 2.45) is 0 Å². The molecule has 0 aliphatic heterocycles. The minimum atomic E-state index is 0.713. The molecule has 0 atom stereocenters. The topological polar surface area (TPSA) is 41.6 Å². The number of nitrogens with one attached hydrogen (secondary N) is 1. The molecule has 2 rings (SSSR count). The van der Waals surface area contributed by atoms with E-state index >= 15 is 0 Å². The number of nitrogens with zero attached hydrogens (tertiary/aromatic N) is 2. The Morgan fingerprint density at radius 3 is 2.79 bits per heavy atom. The molecule has 2 aromatic heterocycles. The number of hydrogen-bond donors (Lipinski definition) is 1. The van der Waals surface area contributed by atoms with E-state index in [9.17, 15) is 0 Å². The van der Waals surface area contributed by atoms with Gasteiger partial charge in [0.1, 0.15) is 3.82 Å². The van der Waals surface area contributed by atoms with Gasteiger partial charge in [-0.2, -0.15) is 0 Å². The molecule has 1 N–H and O–H groups in total. The third kappa shape index (κ3) is 1.60. The lowest BCUT2D eigenvalue weighted by Gasteiger charge is -1.98. The van der Waals surface area contributed by atoms with Crippen LogP contribution in [0, 0.1) is 17.7 Å². The van der Waals surface area contributed by atoms with Crippen molar-refractivity contribution in [3.05, 3.63) is 27.5 Å². The second-order valence-corrected chi connectivity index (χ2v) is 4.50. The predicted molar refractivity (Wildman–Crippen MR) is 60.0 cm³/mol. The van der Waals surface area contributed by atoms with Gasteiger partial charge in [-0.15, -0.1) is 0 Å². The molecule has 0 fully saturated rings. The Kier molecular flexibility index (Phi) is 2.43. The second-order valence-electron chi connectivity index (χ2n) is 3.01. The molecule has 0 saturated carbocycles. The van der Waals surface area contributed by atoms with Crippen LogP contribution in [0.5, 0.6) is 0 Å². The Balaban J connectivity index is 2.66. The molecule has 0 amide bonds. The fourth-order valence-electron chi connectivity index (χ4n) is 1.21. The van der Waals surface area contributed by atoms with Gasteiger partial charge in [-0.1, -0.05) is 12.2 Å². The Hall–Kier alpha value is -1.07. The second kappa shape index (κ2) is 3.59. The zero-order valence-corrected chi connectivity index (χ0v) is 9.50. The molecule has 5 heteroatoms. The predicted octanol–water partition coefficient (Wildman–Crippen LogP) is 2.88. The van der Waals surface area contributed by atoms with E-state index in [1.165, 1.54) is 11.5 Å². The van der Waals surface area contributed by atoms with Gasteiger partial charge in [0.2, 0.25) is 0 Å². The molecule has 2 aromatic rings. The van der Waals surface area contributed by atoms with E-state index in [1.807, 2.05) is 19.9 Å². The highest BCUT2D eigenvalue weighted by Crippen LogP contribution is 2.23. The van der Waals surface area contributed by atoms with E-state index < -0.39 is 0 Å². The third-order valence-corrected chi connectivity index (χ3v) is 3.15. The number of aromatic nitrogens is 3. The third-order valence-electron chi connectivity index (χ3n) is 1.89. The van der Waals surface area contributed by atoms with Gasteiger partial charge in [-0.25, -0.2) is 9.97 Å². The first-order valence-corrected chi connectivity index (χ1v) is 5.39. The highest BCUT2D eigenvalue weighted by Gasteiger charge is 2.08. The summed E-state index contributed by atoms with van der Waals surface area (Å²) in [7, 11) is 0. The van der Waals surface area contributed by atoms with Crippen molar-refractivity contribution in [3.63, 3.8) is 0 Å². The quantitative estimate of drug-likeness (QED) is 0.756. The fraction of sp³-hybridized carbons (Fsp3) is 0.222. The van der Waals surface area contributed by atoms with E-state index in [0.29, 0.717) is 5.82 Å². The van der Waals surface area contributed by atoms with Crippen molar-refractivity contribution in [1.29, 1.82) is 0 Å². The molecule has 0 aliphatic rings. The van der Waals surface area contributed by atoms with Crippen LogP contribution in [0.2, 0.25) is 0 Å². The molecule has 0 radical (unpaired) electrons. The van der Waals surface area contributed by atoms with Gasteiger partial charge in [-0.3, -0.25) is 0 Å². The molecule has 0 aromatic carbocycles. The molecule has 72 valence electrons. The van der Waals surface area contributed by atoms with Crippen molar-refractivity contribution in [2.45, 2.75) is 13.8 Å². The SMILES string of the molecule is Cc1ccnc(-c2c(C)[nH]sc2=S)n1. The Bertz CT molecular complexity index is 513. The Morgan fingerprint density at radius 2 is 2.21 bits per heavy atom. The normalized spacial score (nSPS) is 10.4. The highest BCUT2D eigenvalue weighted by molar-refractivity contribution is 7.73. The van der Waals surface area contributed by atoms with Crippen molar-refractivity contribution in [1.82, 2.24) is 14.3 Å². The van der Waals surface area contributed by atoms with E-state index in [2.05, 4.69) is 14.3 Å². The summed E-state index contributed by atoms with van der Waals surface area (Å²) in [5, 5.41) is 0. The van der Waals surface area contributed by atoms with Crippen LogP contribution in [-0.2, 0) is 0 Å². The molecule has 0 bridgehead atoms. The van der Waals surface area contributed by atoms with E-state index in [4.69, 9.17) is 12.2 Å². The first-order valence-electron chi connectivity index (χ1n) is 4.16. The molecule has 0 saturated heterocycles. The summed E-state index contributed by atoms with van der Waals surface area (Å²) in [6, 6.07) is 1.87. The summed E-state index contributed by atoms with van der Waals surface area (Å²) in [5.74, 6) is 0.713. The van der Waals surface area contributed by atoms with Crippen LogP contribution < -0.4 is 0 Å². The van der Waals surface area contributed by atoms with Crippen molar-refractivity contribution in [3.8, 4) is 11.4 Å². The maximum atomic E-state index is 5.21. The molecular weight excluding hydrogens is 214 g/mol. The molecule has 0 aliphatic carbocycles. The van der Waals surface area contributed by atoms with E-state index in [-0.39, 0.29) is 0 Å². The maximum Gasteiger partial charge on any atom is 0.163 e. The lowest BCUT2D eigenvalue weighted by molar-refractivity contribution is 1.10. The summed E-state index contributed by atoms with van der Waals surface area (Å²) in [6.07, 6.45) is 1.75. The average molecular weight is 223 g/mol. The number of hydrogen-bond acceptors (Lipinski definition) is 4. The first-order chi connectivity index (χ1) is 6.68. The van der Waals surface area contributed by atoms with E-state index in [1.54, 1.807) is 6.20 Å². The molecular formula is C9H9N3S2. The number of aromatic amines is 1. The molecule has 3 nitrogen and oxygen atoms in total. The van der Waals surface area contributed by atoms with Crippen LogP contribution in [0.4, 0.5) is 0 Å². The zero-order chi connectivity index (χ0) is 10.1.